The molecule has 0 bridgehead atoms. The van der Waals surface area contributed by atoms with Crippen LogP contribution in [-0.4, -0.2) is 21.6 Å². The number of hydrogen-bond donors (Lipinski definition) is 2. The fourth-order valence-corrected chi connectivity index (χ4v) is 4.72. The van der Waals surface area contributed by atoms with Gasteiger partial charge in [-0.3, -0.25) is 4.79 Å². The van der Waals surface area contributed by atoms with Crippen molar-refractivity contribution in [2.24, 2.45) is 0 Å². The number of thiophene rings is 1. The molecule has 5 nitrogen and oxygen atoms in total. The molecular weight excluding hydrogens is 376 g/mol. The lowest BCUT2D eigenvalue weighted by atomic mass is 10.1. The van der Waals surface area contributed by atoms with Gasteiger partial charge in [0, 0.05) is 16.0 Å². The topological polar surface area (TPSA) is 80.9 Å². The smallest absolute Gasteiger partial charge is 0.234 e. The highest BCUT2D eigenvalue weighted by Gasteiger charge is 2.14. The van der Waals surface area contributed by atoms with E-state index in [0.717, 1.165) is 32.2 Å². The number of carbonyl (C=O) groups excluding carboxylic acids is 1. The zero-order valence-corrected chi connectivity index (χ0v) is 16.6. The first-order valence-electron chi connectivity index (χ1n) is 8.46. The number of aryl methyl sites for hydroxylation is 2. The van der Waals surface area contributed by atoms with E-state index in [2.05, 4.69) is 15.3 Å². The summed E-state index contributed by atoms with van der Waals surface area (Å²) in [5.74, 6) is 0.591. The Balaban J connectivity index is 1.50. The van der Waals surface area contributed by atoms with Gasteiger partial charge in [-0.1, -0.05) is 48.2 Å². The molecule has 0 fully saturated rings. The van der Waals surface area contributed by atoms with Gasteiger partial charge in [0.25, 0.3) is 0 Å². The summed E-state index contributed by atoms with van der Waals surface area (Å²) in [5.41, 5.74) is 8.03. The van der Waals surface area contributed by atoms with Crippen LogP contribution in [0.5, 0.6) is 0 Å². The van der Waals surface area contributed by atoms with Crippen LogP contribution in [0, 0.1) is 13.8 Å². The predicted molar refractivity (Wildman–Crippen MR) is 115 cm³/mol. The molecule has 0 spiro atoms. The summed E-state index contributed by atoms with van der Waals surface area (Å²) >= 11 is 2.89. The monoisotopic (exact) mass is 394 g/mol. The first-order valence-corrected chi connectivity index (χ1v) is 10.3. The van der Waals surface area contributed by atoms with Gasteiger partial charge >= 0.3 is 0 Å². The van der Waals surface area contributed by atoms with Crippen molar-refractivity contribution in [1.82, 2.24) is 9.97 Å². The van der Waals surface area contributed by atoms with E-state index in [4.69, 9.17) is 5.73 Å². The fourth-order valence-electron chi connectivity index (χ4n) is 2.98. The Hall–Kier alpha value is -2.64. The lowest BCUT2D eigenvalue weighted by molar-refractivity contribution is -0.113. The van der Waals surface area contributed by atoms with Gasteiger partial charge < -0.3 is 11.1 Å². The number of nitrogens with one attached hydrogen (secondary N) is 1. The SMILES string of the molecule is Cc1sc2nc(SCC(=O)Nc3cccc4ccccc34)nc(N)c2c1C. The largest absolute Gasteiger partial charge is 0.383 e. The van der Waals surface area contributed by atoms with Crippen LogP contribution in [0.1, 0.15) is 10.4 Å². The maximum Gasteiger partial charge on any atom is 0.234 e. The average Bonchev–Trinajstić information content (AvgIpc) is 2.95. The van der Waals surface area contributed by atoms with Gasteiger partial charge in [-0.2, -0.15) is 0 Å². The molecule has 27 heavy (non-hydrogen) atoms. The molecule has 7 heteroatoms. The number of amides is 1. The highest BCUT2D eigenvalue weighted by Crippen LogP contribution is 2.33. The second-order valence-corrected chi connectivity index (χ2v) is 8.36. The highest BCUT2D eigenvalue weighted by molar-refractivity contribution is 7.99. The molecule has 0 saturated heterocycles. The maximum absolute atomic E-state index is 12.4. The Kier molecular flexibility index (Phi) is 4.72. The van der Waals surface area contributed by atoms with Crippen molar-refractivity contribution in [3.8, 4) is 0 Å². The molecule has 136 valence electrons. The minimum atomic E-state index is -0.0998. The number of aromatic nitrogens is 2. The molecule has 0 atom stereocenters. The van der Waals surface area contributed by atoms with Crippen molar-refractivity contribution in [2.45, 2.75) is 19.0 Å². The Bertz CT molecular complexity index is 1160. The van der Waals surface area contributed by atoms with Crippen LogP contribution >= 0.6 is 23.1 Å². The molecule has 1 amide bonds. The normalized spacial score (nSPS) is 11.2. The summed E-state index contributed by atoms with van der Waals surface area (Å²) in [6, 6.07) is 13.8. The molecule has 0 radical (unpaired) electrons. The van der Waals surface area contributed by atoms with Gasteiger partial charge in [0.2, 0.25) is 5.91 Å². The first kappa shape index (κ1) is 17.8. The number of fused-ring (bicyclic) bond motifs is 2. The van der Waals surface area contributed by atoms with E-state index in [9.17, 15) is 4.79 Å². The Morgan fingerprint density at radius 2 is 1.93 bits per heavy atom. The summed E-state index contributed by atoms with van der Waals surface area (Å²) in [5, 5.41) is 6.53. The van der Waals surface area contributed by atoms with Crippen molar-refractivity contribution in [1.29, 1.82) is 0 Å². The van der Waals surface area contributed by atoms with Crippen LogP contribution in [-0.2, 0) is 4.79 Å². The van der Waals surface area contributed by atoms with E-state index in [1.54, 1.807) is 11.3 Å². The minimum absolute atomic E-state index is 0.0998. The lowest BCUT2D eigenvalue weighted by Gasteiger charge is -2.08. The standard InChI is InChI=1S/C20H18N4OS2/c1-11-12(2)27-19-17(11)18(21)23-20(24-19)26-10-16(25)22-15-9-5-7-13-6-3-4-8-14(13)15/h3-9H,10H2,1-2H3,(H,22,25)(H2,21,23,24). The molecule has 0 saturated carbocycles. The zero-order valence-electron chi connectivity index (χ0n) is 14.9. The van der Waals surface area contributed by atoms with Crippen LogP contribution in [0.2, 0.25) is 0 Å². The first-order chi connectivity index (χ1) is 13.0. The molecule has 4 rings (SSSR count). The lowest BCUT2D eigenvalue weighted by Crippen LogP contribution is -2.14. The van der Waals surface area contributed by atoms with Crippen LogP contribution < -0.4 is 11.1 Å². The summed E-state index contributed by atoms with van der Waals surface area (Å²) in [6.07, 6.45) is 0. The number of nitrogen functional groups attached to an aromatic ring is 1. The van der Waals surface area contributed by atoms with E-state index in [1.165, 1.54) is 16.6 Å². The average molecular weight is 395 g/mol. The van der Waals surface area contributed by atoms with Gasteiger partial charge in [0.1, 0.15) is 10.6 Å². The summed E-state index contributed by atoms with van der Waals surface area (Å²) in [6.45, 7) is 4.07. The molecule has 0 aliphatic rings. The highest BCUT2D eigenvalue weighted by atomic mass is 32.2. The Morgan fingerprint density at radius 3 is 2.78 bits per heavy atom. The third-order valence-corrected chi connectivity index (χ3v) is 6.38. The predicted octanol–water partition coefficient (Wildman–Crippen LogP) is 4.77. The fraction of sp³-hybridized carbons (Fsp3) is 0.150. The molecule has 0 aliphatic carbocycles. The molecule has 0 unspecified atom stereocenters. The second-order valence-electron chi connectivity index (χ2n) is 6.22. The van der Waals surface area contributed by atoms with Gasteiger partial charge in [0.05, 0.1) is 11.1 Å². The summed E-state index contributed by atoms with van der Waals surface area (Å²) < 4.78 is 0. The molecule has 2 aromatic carbocycles. The number of nitrogens with two attached hydrogens (primary N) is 1. The Morgan fingerprint density at radius 1 is 1.15 bits per heavy atom. The summed E-state index contributed by atoms with van der Waals surface area (Å²) in [7, 11) is 0. The van der Waals surface area contributed by atoms with E-state index in [0.29, 0.717) is 11.0 Å². The molecule has 2 aromatic heterocycles. The molecule has 4 aromatic rings. The number of anilines is 2. The second kappa shape index (κ2) is 7.17. The van der Waals surface area contributed by atoms with Gasteiger partial charge in [0.15, 0.2) is 5.16 Å². The minimum Gasteiger partial charge on any atom is -0.383 e. The molecule has 3 N–H and O–H groups in total. The van der Waals surface area contributed by atoms with E-state index >= 15 is 0 Å². The maximum atomic E-state index is 12.4. The third kappa shape index (κ3) is 3.48. The van der Waals surface area contributed by atoms with Gasteiger partial charge in [-0.25, -0.2) is 9.97 Å². The number of carbonyl (C=O) groups is 1. The number of nitrogens with zero attached hydrogens (tertiary/aromatic N) is 2. The number of thioether (sulfide) groups is 1. The van der Waals surface area contributed by atoms with Crippen molar-refractivity contribution in [3.05, 3.63) is 52.9 Å². The molecular formula is C20H18N4OS2. The van der Waals surface area contributed by atoms with E-state index in [-0.39, 0.29) is 11.7 Å². The van der Waals surface area contributed by atoms with Crippen LogP contribution in [0.15, 0.2) is 47.6 Å². The Labute approximate surface area is 165 Å². The van der Waals surface area contributed by atoms with Crippen molar-refractivity contribution in [2.75, 3.05) is 16.8 Å². The van der Waals surface area contributed by atoms with Crippen LogP contribution in [0.4, 0.5) is 11.5 Å². The zero-order chi connectivity index (χ0) is 19.0. The van der Waals surface area contributed by atoms with Crippen LogP contribution in [0.25, 0.3) is 21.0 Å². The molecule has 0 aliphatic heterocycles. The van der Waals surface area contributed by atoms with Crippen molar-refractivity contribution >= 4 is 61.5 Å². The number of hydrogen-bond acceptors (Lipinski definition) is 6. The van der Waals surface area contributed by atoms with E-state index < -0.39 is 0 Å². The number of benzene rings is 2. The van der Waals surface area contributed by atoms with Gasteiger partial charge in [-0.05, 0) is 30.9 Å². The molecule has 2 heterocycles. The van der Waals surface area contributed by atoms with Gasteiger partial charge in [-0.15, -0.1) is 11.3 Å². The van der Waals surface area contributed by atoms with Crippen LogP contribution in [0.3, 0.4) is 0 Å². The number of rotatable bonds is 4. The van der Waals surface area contributed by atoms with E-state index in [1.807, 2.05) is 56.3 Å². The third-order valence-electron chi connectivity index (χ3n) is 4.43. The quantitative estimate of drug-likeness (QED) is 0.385. The van der Waals surface area contributed by atoms with Crippen molar-refractivity contribution < 1.29 is 4.79 Å². The summed E-state index contributed by atoms with van der Waals surface area (Å²) in [4.78, 5) is 23.4. The van der Waals surface area contributed by atoms with Crippen molar-refractivity contribution in [3.63, 3.8) is 0 Å².